The molecule has 2 aromatic rings. The number of hydrogen-bond donors (Lipinski definition) is 1. The average Bonchev–Trinajstić information content (AvgIpc) is 2.91. The molecule has 0 saturated carbocycles. The van der Waals surface area contributed by atoms with Crippen LogP contribution < -0.4 is 15.0 Å². The first kappa shape index (κ1) is 17.5. The minimum Gasteiger partial charge on any atom is -0.495 e. The molecule has 1 N–H and O–H groups in total. The highest BCUT2D eigenvalue weighted by Crippen LogP contribution is 2.27. The normalized spacial score (nSPS) is 14.7. The molecular weight excluding hydrogens is 338 g/mol. The van der Waals surface area contributed by atoms with Crippen molar-refractivity contribution in [2.24, 2.45) is 0 Å². The van der Waals surface area contributed by atoms with Gasteiger partial charge in [-0.25, -0.2) is 0 Å². The van der Waals surface area contributed by atoms with Crippen molar-refractivity contribution in [3.63, 3.8) is 0 Å². The van der Waals surface area contributed by atoms with Crippen LogP contribution >= 0.6 is 11.6 Å². The molecule has 3 rings (SSSR count). The Morgan fingerprint density at radius 1 is 1.16 bits per heavy atom. The van der Waals surface area contributed by atoms with Gasteiger partial charge >= 0.3 is 0 Å². The minimum atomic E-state index is -0.252. The lowest BCUT2D eigenvalue weighted by Crippen LogP contribution is -2.24. The number of carbonyl (C=O) groups excluding carboxylic acids is 1. The van der Waals surface area contributed by atoms with Crippen LogP contribution in [0.2, 0.25) is 5.02 Å². The van der Waals surface area contributed by atoms with E-state index in [1.807, 2.05) is 12.1 Å². The van der Waals surface area contributed by atoms with E-state index in [0.29, 0.717) is 22.2 Å². The SMILES string of the molecule is COc1ccc(NC(=O)c2cc(N3CCCCCC3)ccn2)cc1Cl. The second kappa shape index (κ2) is 8.21. The quantitative estimate of drug-likeness (QED) is 0.880. The van der Waals surface area contributed by atoms with E-state index in [1.165, 1.54) is 25.7 Å². The first-order valence-electron chi connectivity index (χ1n) is 8.53. The molecule has 1 fully saturated rings. The smallest absolute Gasteiger partial charge is 0.274 e. The summed E-state index contributed by atoms with van der Waals surface area (Å²) in [5.74, 6) is 0.318. The topological polar surface area (TPSA) is 54.5 Å². The van der Waals surface area contributed by atoms with Crippen LogP contribution in [0.25, 0.3) is 0 Å². The minimum absolute atomic E-state index is 0.252. The van der Waals surface area contributed by atoms with E-state index in [4.69, 9.17) is 16.3 Å². The number of ether oxygens (including phenoxy) is 1. The van der Waals surface area contributed by atoms with Crippen LogP contribution in [0.5, 0.6) is 5.75 Å². The van der Waals surface area contributed by atoms with Gasteiger partial charge in [0.15, 0.2) is 0 Å². The van der Waals surface area contributed by atoms with E-state index in [-0.39, 0.29) is 5.91 Å². The van der Waals surface area contributed by atoms with Gasteiger partial charge in [-0.3, -0.25) is 9.78 Å². The van der Waals surface area contributed by atoms with Gasteiger partial charge in [-0.15, -0.1) is 0 Å². The highest BCUT2D eigenvalue weighted by atomic mass is 35.5. The molecule has 1 saturated heterocycles. The number of methoxy groups -OCH3 is 1. The summed E-state index contributed by atoms with van der Waals surface area (Å²) >= 11 is 6.10. The number of nitrogens with zero attached hydrogens (tertiary/aromatic N) is 2. The van der Waals surface area contributed by atoms with Crippen molar-refractivity contribution in [1.29, 1.82) is 0 Å². The number of hydrogen-bond acceptors (Lipinski definition) is 4. The van der Waals surface area contributed by atoms with E-state index in [2.05, 4.69) is 15.2 Å². The van der Waals surface area contributed by atoms with Crippen molar-refractivity contribution < 1.29 is 9.53 Å². The fourth-order valence-corrected chi connectivity index (χ4v) is 3.27. The number of nitrogens with one attached hydrogen (secondary N) is 1. The van der Waals surface area contributed by atoms with Crippen molar-refractivity contribution in [1.82, 2.24) is 4.98 Å². The number of pyridine rings is 1. The van der Waals surface area contributed by atoms with Gasteiger partial charge in [0.2, 0.25) is 0 Å². The molecule has 132 valence electrons. The van der Waals surface area contributed by atoms with Gasteiger partial charge in [0, 0.05) is 30.7 Å². The van der Waals surface area contributed by atoms with E-state index in [9.17, 15) is 4.79 Å². The zero-order valence-electron chi connectivity index (χ0n) is 14.3. The third-order valence-corrected chi connectivity index (χ3v) is 4.65. The fourth-order valence-electron chi connectivity index (χ4n) is 3.01. The molecule has 0 aliphatic carbocycles. The zero-order chi connectivity index (χ0) is 17.6. The van der Waals surface area contributed by atoms with Gasteiger partial charge in [-0.2, -0.15) is 0 Å². The molecule has 1 aliphatic heterocycles. The molecule has 1 amide bonds. The molecule has 0 spiro atoms. The van der Waals surface area contributed by atoms with Crippen molar-refractivity contribution in [3.8, 4) is 5.75 Å². The van der Waals surface area contributed by atoms with Crippen molar-refractivity contribution >= 4 is 28.9 Å². The fraction of sp³-hybridized carbons (Fsp3) is 0.368. The maximum Gasteiger partial charge on any atom is 0.274 e. The monoisotopic (exact) mass is 359 g/mol. The lowest BCUT2D eigenvalue weighted by molar-refractivity contribution is 0.102. The Morgan fingerprint density at radius 3 is 2.60 bits per heavy atom. The summed E-state index contributed by atoms with van der Waals surface area (Å²) in [5.41, 5.74) is 2.06. The summed E-state index contributed by atoms with van der Waals surface area (Å²) in [4.78, 5) is 19.1. The maximum absolute atomic E-state index is 12.5. The predicted octanol–water partition coefficient (Wildman–Crippen LogP) is 4.38. The third-order valence-electron chi connectivity index (χ3n) is 4.36. The molecule has 0 radical (unpaired) electrons. The van der Waals surface area contributed by atoms with Gasteiger partial charge in [-0.1, -0.05) is 24.4 Å². The van der Waals surface area contributed by atoms with E-state index in [0.717, 1.165) is 18.8 Å². The number of halogens is 1. The molecule has 1 aromatic carbocycles. The largest absolute Gasteiger partial charge is 0.495 e. The lowest BCUT2D eigenvalue weighted by atomic mass is 10.2. The number of amides is 1. The van der Waals surface area contributed by atoms with E-state index in [1.54, 1.807) is 31.5 Å². The molecule has 2 heterocycles. The molecule has 0 atom stereocenters. The molecule has 6 heteroatoms. The van der Waals surface area contributed by atoms with Crippen LogP contribution in [0.4, 0.5) is 11.4 Å². The second-order valence-electron chi connectivity index (χ2n) is 6.10. The van der Waals surface area contributed by atoms with Gasteiger partial charge in [0.05, 0.1) is 12.1 Å². The summed E-state index contributed by atoms with van der Waals surface area (Å²) in [7, 11) is 1.55. The van der Waals surface area contributed by atoms with Crippen LogP contribution in [-0.2, 0) is 0 Å². The van der Waals surface area contributed by atoms with Gasteiger partial charge in [0.1, 0.15) is 11.4 Å². The molecule has 25 heavy (non-hydrogen) atoms. The molecule has 0 bridgehead atoms. The Kier molecular flexibility index (Phi) is 5.76. The summed E-state index contributed by atoms with van der Waals surface area (Å²) in [6.07, 6.45) is 6.61. The van der Waals surface area contributed by atoms with Crippen LogP contribution in [0.15, 0.2) is 36.5 Å². The predicted molar refractivity (Wildman–Crippen MR) is 101 cm³/mol. The molecular formula is C19H22ClN3O2. The number of carbonyl (C=O) groups is 1. The van der Waals surface area contributed by atoms with Crippen molar-refractivity contribution in [2.45, 2.75) is 25.7 Å². The van der Waals surface area contributed by atoms with Gasteiger partial charge < -0.3 is 15.0 Å². The summed E-state index contributed by atoms with van der Waals surface area (Å²) in [5, 5.41) is 3.28. The van der Waals surface area contributed by atoms with Crippen LogP contribution in [-0.4, -0.2) is 31.1 Å². The average molecular weight is 360 g/mol. The van der Waals surface area contributed by atoms with Crippen LogP contribution in [0.3, 0.4) is 0 Å². The maximum atomic E-state index is 12.5. The Balaban J connectivity index is 1.73. The third kappa shape index (κ3) is 4.42. The Labute approximate surface area is 153 Å². The van der Waals surface area contributed by atoms with E-state index >= 15 is 0 Å². The van der Waals surface area contributed by atoms with Crippen LogP contribution in [0.1, 0.15) is 36.2 Å². The Morgan fingerprint density at radius 2 is 1.92 bits per heavy atom. The number of anilines is 2. The number of aromatic nitrogens is 1. The summed E-state index contributed by atoms with van der Waals surface area (Å²) in [6.45, 7) is 2.05. The number of rotatable bonds is 4. The standard InChI is InChI=1S/C19H22ClN3O2/c1-25-18-7-6-14(12-16(18)20)22-19(24)17-13-15(8-9-21-17)23-10-4-2-3-5-11-23/h6-9,12-13H,2-5,10-11H2,1H3,(H,22,24). The van der Waals surface area contributed by atoms with Crippen LogP contribution in [0, 0.1) is 0 Å². The lowest BCUT2D eigenvalue weighted by Gasteiger charge is -2.22. The Hall–Kier alpha value is -2.27. The van der Waals surface area contributed by atoms with Gasteiger partial charge in [-0.05, 0) is 43.2 Å². The molecule has 1 aliphatic rings. The highest BCUT2D eigenvalue weighted by molar-refractivity contribution is 6.32. The van der Waals surface area contributed by atoms with Crippen molar-refractivity contribution in [2.75, 3.05) is 30.4 Å². The molecule has 1 aromatic heterocycles. The summed E-state index contributed by atoms with van der Waals surface area (Å²) < 4.78 is 5.12. The van der Waals surface area contributed by atoms with Crippen molar-refractivity contribution in [3.05, 3.63) is 47.2 Å². The second-order valence-corrected chi connectivity index (χ2v) is 6.51. The highest BCUT2D eigenvalue weighted by Gasteiger charge is 2.14. The molecule has 0 unspecified atom stereocenters. The van der Waals surface area contributed by atoms with Gasteiger partial charge in [0.25, 0.3) is 5.91 Å². The Bertz CT molecular complexity index is 743. The van der Waals surface area contributed by atoms with E-state index < -0.39 is 0 Å². The zero-order valence-corrected chi connectivity index (χ0v) is 15.1. The number of benzene rings is 1. The first-order chi connectivity index (χ1) is 12.2. The summed E-state index contributed by atoms with van der Waals surface area (Å²) in [6, 6.07) is 8.95. The molecule has 5 nitrogen and oxygen atoms in total. The first-order valence-corrected chi connectivity index (χ1v) is 8.91.